The lowest BCUT2D eigenvalue weighted by molar-refractivity contribution is -0.682. The molecule has 146 valence electrons. The molecule has 4 amide bonds. The molecule has 0 spiro atoms. The van der Waals surface area contributed by atoms with E-state index in [0.29, 0.717) is 10.6 Å². The van der Waals surface area contributed by atoms with Gasteiger partial charge in [-0.3, -0.25) is 15.0 Å². The Morgan fingerprint density at radius 3 is 2.61 bits per heavy atom. The second-order valence-electron chi connectivity index (χ2n) is 6.88. The van der Waals surface area contributed by atoms with Crippen LogP contribution in [0.2, 0.25) is 5.02 Å². The second-order valence-corrected chi connectivity index (χ2v) is 7.32. The molecule has 0 aliphatic carbocycles. The zero-order valence-corrected chi connectivity index (χ0v) is 16.4. The van der Waals surface area contributed by atoms with E-state index in [-0.39, 0.29) is 12.6 Å². The highest BCUT2D eigenvalue weighted by molar-refractivity contribution is 6.30. The number of carbonyl (C=O) groups excluding carboxylic acids is 3. The Morgan fingerprint density at radius 1 is 1.21 bits per heavy atom. The molecule has 1 saturated heterocycles. The number of nitrogens with zero attached hydrogens (tertiary/aromatic N) is 1. The van der Waals surface area contributed by atoms with E-state index in [0.717, 1.165) is 10.6 Å². The molecule has 1 aliphatic heterocycles. The number of nitrogens with one attached hydrogen (secondary N) is 2. The van der Waals surface area contributed by atoms with Crippen LogP contribution in [-0.2, 0) is 15.1 Å². The first-order valence-corrected chi connectivity index (χ1v) is 9.29. The molecule has 1 aliphatic rings. The first-order valence-electron chi connectivity index (χ1n) is 8.92. The fourth-order valence-electron chi connectivity index (χ4n) is 3.09. The van der Waals surface area contributed by atoms with E-state index in [1.165, 1.54) is 0 Å². The fraction of sp³-hybridized carbons (Fsp3) is 0.250. The zero-order valence-electron chi connectivity index (χ0n) is 15.6. The Balaban J connectivity index is 1.61. The maximum absolute atomic E-state index is 12.8. The summed E-state index contributed by atoms with van der Waals surface area (Å²) in [5.74, 6) is -0.977. The summed E-state index contributed by atoms with van der Waals surface area (Å²) in [7, 11) is 0. The van der Waals surface area contributed by atoms with Gasteiger partial charge in [0.15, 0.2) is 6.54 Å². The van der Waals surface area contributed by atoms with Gasteiger partial charge >= 0.3 is 6.03 Å². The van der Waals surface area contributed by atoms with Gasteiger partial charge in [0.25, 0.3) is 11.8 Å². The first-order chi connectivity index (χ1) is 13.3. The molecule has 0 saturated carbocycles. The van der Waals surface area contributed by atoms with Crippen LogP contribution in [0.1, 0.15) is 31.0 Å². The van der Waals surface area contributed by atoms with Crippen LogP contribution >= 0.6 is 11.6 Å². The Hall–Kier alpha value is -2.90. The number of hydrazine groups is 1. The smallest absolute Gasteiger partial charge is 0.332 e. The van der Waals surface area contributed by atoms with Gasteiger partial charge in [-0.15, -0.1) is 0 Å². The molecule has 7 nitrogen and oxygen atoms in total. The summed E-state index contributed by atoms with van der Waals surface area (Å²) in [5.41, 5.74) is 2.80. The molecule has 2 atom stereocenters. The van der Waals surface area contributed by atoms with E-state index < -0.39 is 23.4 Å². The Labute approximate surface area is 168 Å². The summed E-state index contributed by atoms with van der Waals surface area (Å²) in [6.45, 7) is 3.61. The highest BCUT2D eigenvalue weighted by Crippen LogP contribution is 2.27. The zero-order chi connectivity index (χ0) is 20.3. The van der Waals surface area contributed by atoms with Crippen molar-refractivity contribution in [3.8, 4) is 0 Å². The molecule has 0 unspecified atom stereocenters. The van der Waals surface area contributed by atoms with Crippen LogP contribution in [0.15, 0.2) is 54.6 Å². The number of rotatable bonds is 6. The molecule has 0 bridgehead atoms. The lowest BCUT2D eigenvalue weighted by Gasteiger charge is -2.22. The number of halogens is 1. The van der Waals surface area contributed by atoms with Gasteiger partial charge in [-0.25, -0.2) is 4.79 Å². The third-order valence-corrected chi connectivity index (χ3v) is 5.04. The topological polar surface area (TPSA) is 95.1 Å². The van der Waals surface area contributed by atoms with Crippen LogP contribution in [-0.4, -0.2) is 29.4 Å². The van der Waals surface area contributed by atoms with E-state index in [1.54, 1.807) is 42.6 Å². The van der Waals surface area contributed by atoms with Gasteiger partial charge in [0, 0.05) is 10.6 Å². The molecule has 1 fully saturated rings. The summed E-state index contributed by atoms with van der Waals surface area (Å²) >= 11 is 5.99. The van der Waals surface area contributed by atoms with Gasteiger partial charge < -0.3 is 10.6 Å². The second kappa shape index (κ2) is 8.00. The van der Waals surface area contributed by atoms with Gasteiger partial charge in [0.05, 0.1) is 0 Å². The van der Waals surface area contributed by atoms with Crippen molar-refractivity contribution in [1.29, 1.82) is 0 Å². The lowest BCUT2D eigenvalue weighted by atomic mass is 9.92. The van der Waals surface area contributed by atoms with Crippen LogP contribution in [0.5, 0.6) is 0 Å². The average Bonchev–Trinajstić information content (AvgIpc) is 2.91. The van der Waals surface area contributed by atoms with Crippen molar-refractivity contribution in [3.63, 3.8) is 0 Å². The maximum atomic E-state index is 12.8. The summed E-state index contributed by atoms with van der Waals surface area (Å²) in [6, 6.07) is 15.6. The van der Waals surface area contributed by atoms with Crippen molar-refractivity contribution in [2.45, 2.75) is 25.4 Å². The Bertz CT molecular complexity index is 905. The molecule has 0 aromatic heterocycles. The number of urea groups is 1. The first kappa shape index (κ1) is 19.9. The number of imide groups is 1. The molecule has 1 heterocycles. The molecular formula is C20H22ClN4O3+. The van der Waals surface area contributed by atoms with Crippen LogP contribution < -0.4 is 16.1 Å². The summed E-state index contributed by atoms with van der Waals surface area (Å²) in [6.07, 6.45) is 0. The molecule has 8 heteroatoms. The highest BCUT2D eigenvalue weighted by Gasteiger charge is 2.50. The Kier molecular flexibility index (Phi) is 5.67. The predicted octanol–water partition coefficient (Wildman–Crippen LogP) is 1.46. The third kappa shape index (κ3) is 4.00. The van der Waals surface area contributed by atoms with E-state index in [2.05, 4.69) is 10.7 Å². The molecule has 2 aromatic carbocycles. The molecule has 0 radical (unpaired) electrons. The van der Waals surface area contributed by atoms with Crippen LogP contribution in [0.3, 0.4) is 0 Å². The number of hydrogen-bond donors (Lipinski definition) is 3. The molecule has 2 aromatic rings. The third-order valence-electron chi connectivity index (χ3n) is 4.81. The van der Waals surface area contributed by atoms with Crippen molar-refractivity contribution >= 4 is 29.4 Å². The standard InChI is InChI=1S/C20H21ClN4O3/c1-13(14-7-6-10-16(21)11-14)22-12-17(26)24-25-18(27)20(2,23-19(25)28)15-8-4-3-5-9-15/h3-11,13,22H,12H2,1-2H3,(H,23,28)(H,24,26)/p+1/t13-,20-/m1/s1. The van der Waals surface area contributed by atoms with Crippen LogP contribution in [0.4, 0.5) is 4.79 Å². The quantitative estimate of drug-likeness (QED) is 0.639. The normalized spacial score (nSPS) is 20.0. The Morgan fingerprint density at radius 2 is 1.93 bits per heavy atom. The van der Waals surface area contributed by atoms with Gasteiger partial charge in [-0.05, 0) is 31.5 Å². The maximum Gasteiger partial charge on any atom is 0.344 e. The van der Waals surface area contributed by atoms with Crippen LogP contribution in [0, 0.1) is 0 Å². The van der Waals surface area contributed by atoms with E-state index in [1.807, 2.05) is 31.2 Å². The number of carbonyl (C=O) groups is 3. The molecule has 3 rings (SSSR count). The summed E-state index contributed by atoms with van der Waals surface area (Å²) in [4.78, 5) is 37.3. The lowest BCUT2D eigenvalue weighted by Crippen LogP contribution is -2.87. The van der Waals surface area contributed by atoms with Crippen molar-refractivity contribution in [2.75, 3.05) is 6.54 Å². The predicted molar refractivity (Wildman–Crippen MR) is 104 cm³/mol. The summed E-state index contributed by atoms with van der Waals surface area (Å²) < 4.78 is 0. The van der Waals surface area contributed by atoms with Crippen molar-refractivity contribution < 1.29 is 19.7 Å². The minimum absolute atomic E-state index is 0.0119. The average molecular weight is 402 g/mol. The number of amides is 4. The molecule has 4 N–H and O–H groups in total. The van der Waals surface area contributed by atoms with Crippen molar-refractivity contribution in [3.05, 3.63) is 70.7 Å². The molecule has 28 heavy (non-hydrogen) atoms. The fourth-order valence-corrected chi connectivity index (χ4v) is 3.29. The van der Waals surface area contributed by atoms with Gasteiger partial charge in [-0.1, -0.05) is 54.1 Å². The van der Waals surface area contributed by atoms with E-state index >= 15 is 0 Å². The number of nitrogens with two attached hydrogens (primary N) is 1. The van der Waals surface area contributed by atoms with Crippen molar-refractivity contribution in [2.24, 2.45) is 0 Å². The SMILES string of the molecule is C[C@@H]([NH2+]CC(=O)NN1C(=O)N[C@](C)(c2ccccc2)C1=O)c1cccc(Cl)c1. The van der Waals surface area contributed by atoms with Crippen molar-refractivity contribution in [1.82, 2.24) is 15.8 Å². The van der Waals surface area contributed by atoms with Gasteiger partial charge in [0.1, 0.15) is 11.6 Å². The number of hydrogen-bond acceptors (Lipinski definition) is 3. The van der Waals surface area contributed by atoms with E-state index in [9.17, 15) is 14.4 Å². The largest absolute Gasteiger partial charge is 0.344 e. The van der Waals surface area contributed by atoms with Gasteiger partial charge in [-0.2, -0.15) is 5.01 Å². The number of benzene rings is 2. The van der Waals surface area contributed by atoms with Gasteiger partial charge in [0.2, 0.25) is 0 Å². The number of quaternary nitrogens is 1. The minimum atomic E-state index is -1.22. The highest BCUT2D eigenvalue weighted by atomic mass is 35.5. The van der Waals surface area contributed by atoms with Crippen LogP contribution in [0.25, 0.3) is 0 Å². The molecular weight excluding hydrogens is 380 g/mol. The van der Waals surface area contributed by atoms with E-state index in [4.69, 9.17) is 11.6 Å². The minimum Gasteiger partial charge on any atom is -0.332 e. The monoisotopic (exact) mass is 401 g/mol. The summed E-state index contributed by atoms with van der Waals surface area (Å²) in [5, 5.41) is 5.82.